The van der Waals surface area contributed by atoms with Crippen molar-refractivity contribution in [3.63, 3.8) is 0 Å². The van der Waals surface area contributed by atoms with E-state index in [0.717, 1.165) is 30.9 Å². The molecule has 0 spiro atoms. The number of likely N-dealkylation sites (tertiary alicyclic amines) is 1. The minimum Gasteiger partial charge on any atom is -0.370 e. The maximum Gasteiger partial charge on any atom is 0.191 e. The molecule has 3 heteroatoms. The molecule has 3 atom stereocenters. The van der Waals surface area contributed by atoms with Gasteiger partial charge >= 0.3 is 0 Å². The van der Waals surface area contributed by atoms with E-state index in [1.165, 1.54) is 25.7 Å². The molecule has 0 aromatic heterocycles. The van der Waals surface area contributed by atoms with Gasteiger partial charge < -0.3 is 10.6 Å². The predicted molar refractivity (Wildman–Crippen MR) is 63.8 cm³/mol. The van der Waals surface area contributed by atoms with E-state index in [1.54, 1.807) is 0 Å². The Morgan fingerprint density at radius 3 is 2.60 bits per heavy atom. The molecule has 1 heterocycles. The van der Waals surface area contributed by atoms with Gasteiger partial charge in [-0.1, -0.05) is 13.8 Å². The van der Waals surface area contributed by atoms with E-state index in [2.05, 4.69) is 23.7 Å². The monoisotopic (exact) mass is 209 g/mol. The molecule has 1 saturated heterocycles. The number of hydrogen-bond donors (Lipinski definition) is 1. The van der Waals surface area contributed by atoms with E-state index in [4.69, 9.17) is 5.73 Å². The Hall–Kier alpha value is -0.730. The van der Waals surface area contributed by atoms with Crippen molar-refractivity contribution in [2.45, 2.75) is 45.6 Å². The van der Waals surface area contributed by atoms with Crippen molar-refractivity contribution in [1.29, 1.82) is 0 Å². The zero-order chi connectivity index (χ0) is 10.8. The van der Waals surface area contributed by atoms with Gasteiger partial charge in [0.25, 0.3) is 0 Å². The minimum atomic E-state index is 0.502. The molecule has 0 amide bonds. The predicted octanol–water partition coefficient (Wildman–Crippen LogP) is 1.83. The second kappa shape index (κ2) is 4.42. The topological polar surface area (TPSA) is 41.6 Å². The summed E-state index contributed by atoms with van der Waals surface area (Å²) in [6.45, 7) is 6.76. The van der Waals surface area contributed by atoms with E-state index in [0.29, 0.717) is 6.04 Å². The molecule has 3 nitrogen and oxygen atoms in total. The summed E-state index contributed by atoms with van der Waals surface area (Å²) in [4.78, 5) is 6.90. The molecule has 3 unspecified atom stereocenters. The van der Waals surface area contributed by atoms with Crippen molar-refractivity contribution in [2.75, 3.05) is 13.1 Å². The quantitative estimate of drug-likeness (QED) is 0.529. The highest BCUT2D eigenvalue weighted by Gasteiger charge is 2.27. The number of hydrogen-bond acceptors (Lipinski definition) is 1. The lowest BCUT2D eigenvalue weighted by Gasteiger charge is -2.35. The number of guanidine groups is 1. The van der Waals surface area contributed by atoms with Gasteiger partial charge in [-0.15, -0.1) is 0 Å². The standard InChI is InChI=1S/C12H23N3/c1-9-4-3-7-15(8-9)12(13)14-11-6-5-10(11)2/h9-11H,3-8H2,1-2H3,(H2,13,14). The lowest BCUT2D eigenvalue weighted by atomic mass is 9.82. The Labute approximate surface area is 92.7 Å². The lowest BCUT2D eigenvalue weighted by Crippen LogP contribution is -2.45. The van der Waals surface area contributed by atoms with Crippen LogP contribution in [0.5, 0.6) is 0 Å². The van der Waals surface area contributed by atoms with Gasteiger partial charge in [-0.05, 0) is 37.5 Å². The van der Waals surface area contributed by atoms with Gasteiger partial charge in [0.05, 0.1) is 6.04 Å². The highest BCUT2D eigenvalue weighted by molar-refractivity contribution is 5.78. The molecule has 1 aliphatic carbocycles. The van der Waals surface area contributed by atoms with E-state index < -0.39 is 0 Å². The first-order chi connectivity index (χ1) is 7.16. The van der Waals surface area contributed by atoms with Crippen molar-refractivity contribution >= 4 is 5.96 Å². The molecule has 2 fully saturated rings. The Morgan fingerprint density at radius 1 is 1.27 bits per heavy atom. The molecule has 2 N–H and O–H groups in total. The van der Waals surface area contributed by atoms with Crippen LogP contribution in [-0.4, -0.2) is 30.0 Å². The Balaban J connectivity index is 1.91. The molecule has 1 saturated carbocycles. The zero-order valence-corrected chi connectivity index (χ0v) is 9.95. The SMILES string of the molecule is CC1CCCN(C(N)=NC2CCC2C)C1. The Bertz CT molecular complexity index is 249. The van der Waals surface area contributed by atoms with Crippen molar-refractivity contribution in [2.24, 2.45) is 22.6 Å². The first-order valence-electron chi connectivity index (χ1n) is 6.25. The molecule has 2 aliphatic rings. The van der Waals surface area contributed by atoms with Crippen LogP contribution in [-0.2, 0) is 0 Å². The van der Waals surface area contributed by atoms with Gasteiger partial charge in [0.15, 0.2) is 5.96 Å². The number of aliphatic imine (C=N–C) groups is 1. The summed E-state index contributed by atoms with van der Waals surface area (Å²) in [7, 11) is 0. The summed E-state index contributed by atoms with van der Waals surface area (Å²) >= 11 is 0. The molecule has 0 aromatic carbocycles. The average molecular weight is 209 g/mol. The first-order valence-corrected chi connectivity index (χ1v) is 6.25. The van der Waals surface area contributed by atoms with Gasteiger partial charge in [0, 0.05) is 13.1 Å². The van der Waals surface area contributed by atoms with Gasteiger partial charge in [0.1, 0.15) is 0 Å². The first kappa shape index (κ1) is 10.8. The summed E-state index contributed by atoms with van der Waals surface area (Å²) in [6, 6.07) is 0.502. The van der Waals surface area contributed by atoms with Gasteiger partial charge in [-0.3, -0.25) is 0 Å². The van der Waals surface area contributed by atoms with Crippen LogP contribution in [0.4, 0.5) is 0 Å². The Morgan fingerprint density at radius 2 is 2.07 bits per heavy atom. The van der Waals surface area contributed by atoms with Crippen LogP contribution in [0.2, 0.25) is 0 Å². The van der Waals surface area contributed by atoms with Crippen LogP contribution in [0.3, 0.4) is 0 Å². The molecule has 2 rings (SSSR count). The molecule has 0 aromatic rings. The van der Waals surface area contributed by atoms with E-state index in [1.807, 2.05) is 0 Å². The fraction of sp³-hybridized carbons (Fsp3) is 0.917. The maximum absolute atomic E-state index is 6.06. The summed E-state index contributed by atoms with van der Waals surface area (Å²) in [6.07, 6.45) is 5.14. The number of nitrogens with two attached hydrogens (primary N) is 1. The van der Waals surface area contributed by atoms with Crippen molar-refractivity contribution in [3.8, 4) is 0 Å². The van der Waals surface area contributed by atoms with E-state index in [-0.39, 0.29) is 0 Å². The fourth-order valence-electron chi connectivity index (χ4n) is 2.49. The van der Waals surface area contributed by atoms with Crippen LogP contribution in [0.15, 0.2) is 4.99 Å². The maximum atomic E-state index is 6.06. The van der Waals surface area contributed by atoms with Crippen molar-refractivity contribution < 1.29 is 0 Å². The molecular formula is C12H23N3. The highest BCUT2D eigenvalue weighted by atomic mass is 15.3. The lowest BCUT2D eigenvalue weighted by molar-refractivity contribution is 0.255. The smallest absolute Gasteiger partial charge is 0.191 e. The Kier molecular flexibility index (Phi) is 3.17. The molecule has 0 bridgehead atoms. The highest BCUT2D eigenvalue weighted by Crippen LogP contribution is 2.29. The summed E-state index contributed by atoms with van der Waals surface area (Å²) in [5, 5.41) is 0. The molecule has 0 radical (unpaired) electrons. The molecule has 1 aliphatic heterocycles. The van der Waals surface area contributed by atoms with Crippen molar-refractivity contribution in [3.05, 3.63) is 0 Å². The third-order valence-corrected chi connectivity index (χ3v) is 3.85. The van der Waals surface area contributed by atoms with Gasteiger partial charge in [-0.2, -0.15) is 0 Å². The number of nitrogens with zero attached hydrogens (tertiary/aromatic N) is 2. The average Bonchev–Trinajstić information content (AvgIpc) is 2.23. The van der Waals surface area contributed by atoms with Crippen LogP contribution in [0.25, 0.3) is 0 Å². The van der Waals surface area contributed by atoms with Crippen LogP contribution in [0.1, 0.15) is 39.5 Å². The number of rotatable bonds is 1. The summed E-state index contributed by atoms with van der Waals surface area (Å²) in [5.41, 5.74) is 6.06. The summed E-state index contributed by atoms with van der Waals surface area (Å²) < 4.78 is 0. The number of piperidine rings is 1. The van der Waals surface area contributed by atoms with Crippen LogP contribution < -0.4 is 5.73 Å². The van der Waals surface area contributed by atoms with Crippen LogP contribution in [0, 0.1) is 11.8 Å². The summed E-state index contributed by atoms with van der Waals surface area (Å²) in [5.74, 6) is 2.30. The minimum absolute atomic E-state index is 0.502. The molecule has 86 valence electrons. The van der Waals surface area contributed by atoms with Crippen LogP contribution >= 0.6 is 0 Å². The second-order valence-corrected chi connectivity index (χ2v) is 5.30. The third-order valence-electron chi connectivity index (χ3n) is 3.85. The van der Waals surface area contributed by atoms with Gasteiger partial charge in [-0.25, -0.2) is 4.99 Å². The normalized spacial score (nSPS) is 37.6. The van der Waals surface area contributed by atoms with E-state index >= 15 is 0 Å². The second-order valence-electron chi connectivity index (χ2n) is 5.30. The van der Waals surface area contributed by atoms with Crippen molar-refractivity contribution in [1.82, 2.24) is 4.90 Å². The van der Waals surface area contributed by atoms with E-state index in [9.17, 15) is 0 Å². The zero-order valence-electron chi connectivity index (χ0n) is 9.95. The fourth-order valence-corrected chi connectivity index (χ4v) is 2.49. The third kappa shape index (κ3) is 2.44. The molecule has 15 heavy (non-hydrogen) atoms. The largest absolute Gasteiger partial charge is 0.370 e. The molecular weight excluding hydrogens is 186 g/mol. The van der Waals surface area contributed by atoms with Gasteiger partial charge in [0.2, 0.25) is 0 Å².